The molecule has 21 heavy (non-hydrogen) atoms. The van der Waals surface area contributed by atoms with E-state index in [0.717, 1.165) is 16.1 Å². The number of nitrogens with two attached hydrogens (primary N) is 1. The van der Waals surface area contributed by atoms with Crippen LogP contribution in [0, 0.1) is 11.8 Å². The lowest BCUT2D eigenvalue weighted by Crippen LogP contribution is -2.13. The van der Waals surface area contributed by atoms with E-state index in [-0.39, 0.29) is 5.91 Å². The summed E-state index contributed by atoms with van der Waals surface area (Å²) in [6, 6.07) is 17.3. The Kier molecular flexibility index (Phi) is 5.89. The molecule has 0 spiro atoms. The average molecular weight is 296 g/mol. The van der Waals surface area contributed by atoms with Crippen molar-refractivity contribution in [2.75, 3.05) is 17.6 Å². The minimum absolute atomic E-state index is 0.0235. The Bertz CT molecular complexity index is 642. The molecular formula is C17H16N2OS. The summed E-state index contributed by atoms with van der Waals surface area (Å²) in [6.45, 7) is 0.342. The fourth-order valence-corrected chi connectivity index (χ4v) is 2.37. The minimum Gasteiger partial charge on any atom is -0.325 e. The lowest BCUT2D eigenvalue weighted by Gasteiger charge is -2.05. The first kappa shape index (κ1) is 15.2. The highest BCUT2D eigenvalue weighted by Gasteiger charge is 2.03. The summed E-state index contributed by atoms with van der Waals surface area (Å²) in [5.74, 6) is 6.09. The van der Waals surface area contributed by atoms with Gasteiger partial charge in [-0.3, -0.25) is 4.79 Å². The number of rotatable bonds is 4. The minimum atomic E-state index is -0.0235. The van der Waals surface area contributed by atoms with Crippen molar-refractivity contribution in [3.63, 3.8) is 0 Å². The Hall–Kier alpha value is -2.22. The van der Waals surface area contributed by atoms with Gasteiger partial charge in [-0.05, 0) is 36.4 Å². The predicted molar refractivity (Wildman–Crippen MR) is 88.2 cm³/mol. The van der Waals surface area contributed by atoms with Gasteiger partial charge in [0.1, 0.15) is 0 Å². The van der Waals surface area contributed by atoms with Crippen molar-refractivity contribution in [1.29, 1.82) is 0 Å². The number of amides is 1. The lowest BCUT2D eigenvalue weighted by molar-refractivity contribution is -0.113. The van der Waals surface area contributed by atoms with E-state index in [1.165, 1.54) is 11.8 Å². The van der Waals surface area contributed by atoms with Crippen LogP contribution in [0.1, 0.15) is 5.56 Å². The molecule has 2 aromatic carbocycles. The van der Waals surface area contributed by atoms with Crippen molar-refractivity contribution in [3.8, 4) is 11.8 Å². The van der Waals surface area contributed by atoms with Crippen LogP contribution in [0.3, 0.4) is 0 Å². The number of hydrogen-bond acceptors (Lipinski definition) is 3. The monoisotopic (exact) mass is 296 g/mol. The van der Waals surface area contributed by atoms with Gasteiger partial charge in [-0.15, -0.1) is 11.8 Å². The third-order valence-electron chi connectivity index (χ3n) is 2.62. The van der Waals surface area contributed by atoms with Crippen LogP contribution in [-0.2, 0) is 4.79 Å². The van der Waals surface area contributed by atoms with Crippen molar-refractivity contribution in [2.45, 2.75) is 4.90 Å². The summed E-state index contributed by atoms with van der Waals surface area (Å²) in [5, 5.41) is 2.86. The quantitative estimate of drug-likeness (QED) is 0.674. The zero-order chi connectivity index (χ0) is 14.9. The highest BCUT2D eigenvalue weighted by Crippen LogP contribution is 2.17. The normalized spacial score (nSPS) is 9.57. The van der Waals surface area contributed by atoms with E-state index in [2.05, 4.69) is 17.2 Å². The van der Waals surface area contributed by atoms with E-state index in [1.54, 1.807) is 0 Å². The van der Waals surface area contributed by atoms with Gasteiger partial charge in [-0.25, -0.2) is 0 Å². The van der Waals surface area contributed by atoms with Crippen LogP contribution in [0.15, 0.2) is 59.5 Å². The molecule has 0 aromatic heterocycles. The molecule has 0 aliphatic heterocycles. The molecular weight excluding hydrogens is 280 g/mol. The molecule has 0 aliphatic rings. The number of nitrogens with one attached hydrogen (secondary N) is 1. The molecule has 0 aliphatic carbocycles. The fourth-order valence-electron chi connectivity index (χ4n) is 1.65. The third kappa shape index (κ3) is 5.35. The van der Waals surface area contributed by atoms with Crippen LogP contribution in [0.5, 0.6) is 0 Å². The van der Waals surface area contributed by atoms with Gasteiger partial charge in [-0.1, -0.05) is 30.0 Å². The highest BCUT2D eigenvalue weighted by molar-refractivity contribution is 8.00. The smallest absolute Gasteiger partial charge is 0.234 e. The van der Waals surface area contributed by atoms with E-state index in [9.17, 15) is 4.79 Å². The van der Waals surface area contributed by atoms with Crippen molar-refractivity contribution >= 4 is 23.4 Å². The van der Waals surface area contributed by atoms with Crippen molar-refractivity contribution in [3.05, 3.63) is 60.2 Å². The van der Waals surface area contributed by atoms with Crippen LogP contribution in [0.2, 0.25) is 0 Å². The Morgan fingerprint density at radius 3 is 2.48 bits per heavy atom. The molecule has 106 valence electrons. The van der Waals surface area contributed by atoms with Gasteiger partial charge in [0.2, 0.25) is 5.91 Å². The Balaban J connectivity index is 1.85. The van der Waals surface area contributed by atoms with Gasteiger partial charge in [0, 0.05) is 16.1 Å². The molecule has 2 aromatic rings. The molecule has 0 saturated heterocycles. The van der Waals surface area contributed by atoms with Crippen molar-refractivity contribution in [2.24, 2.45) is 5.73 Å². The summed E-state index contributed by atoms with van der Waals surface area (Å²) in [6.07, 6.45) is 0. The fraction of sp³-hybridized carbons (Fsp3) is 0.118. The first-order chi connectivity index (χ1) is 10.3. The van der Waals surface area contributed by atoms with E-state index < -0.39 is 0 Å². The Labute approximate surface area is 128 Å². The van der Waals surface area contributed by atoms with Crippen LogP contribution in [0.4, 0.5) is 5.69 Å². The zero-order valence-electron chi connectivity index (χ0n) is 11.5. The number of hydrogen-bond donors (Lipinski definition) is 2. The topological polar surface area (TPSA) is 55.1 Å². The molecule has 0 fully saturated rings. The van der Waals surface area contributed by atoms with Gasteiger partial charge < -0.3 is 11.1 Å². The molecule has 0 saturated carbocycles. The van der Waals surface area contributed by atoms with Crippen LogP contribution >= 0.6 is 11.8 Å². The molecule has 2 rings (SSSR count). The molecule has 1 amide bonds. The zero-order valence-corrected chi connectivity index (χ0v) is 12.3. The second-order valence-corrected chi connectivity index (χ2v) is 5.28. The van der Waals surface area contributed by atoms with E-state index in [0.29, 0.717) is 12.3 Å². The van der Waals surface area contributed by atoms with Crippen LogP contribution in [-0.4, -0.2) is 18.2 Å². The summed E-state index contributed by atoms with van der Waals surface area (Å²) in [4.78, 5) is 12.9. The summed E-state index contributed by atoms with van der Waals surface area (Å²) >= 11 is 1.51. The van der Waals surface area contributed by atoms with Crippen LogP contribution in [0.25, 0.3) is 0 Å². The predicted octanol–water partition coefficient (Wildman–Crippen LogP) is 2.73. The van der Waals surface area contributed by atoms with E-state index >= 15 is 0 Å². The maximum Gasteiger partial charge on any atom is 0.234 e. The van der Waals surface area contributed by atoms with Crippen LogP contribution < -0.4 is 11.1 Å². The number of benzene rings is 2. The SMILES string of the molecule is NCC#Cc1ccc(NC(=O)CSc2ccccc2)cc1. The van der Waals surface area contributed by atoms with Gasteiger partial charge in [0.05, 0.1) is 12.3 Å². The maximum absolute atomic E-state index is 11.9. The third-order valence-corrected chi connectivity index (χ3v) is 3.63. The second-order valence-electron chi connectivity index (χ2n) is 4.23. The van der Waals surface area contributed by atoms with Gasteiger partial charge >= 0.3 is 0 Å². The molecule has 0 unspecified atom stereocenters. The summed E-state index contributed by atoms with van der Waals surface area (Å²) in [5.41, 5.74) is 6.98. The van der Waals surface area contributed by atoms with Gasteiger partial charge in [0.25, 0.3) is 0 Å². The average Bonchev–Trinajstić information content (AvgIpc) is 2.53. The standard InChI is InChI=1S/C17H16N2OS/c18-12-4-5-14-8-10-15(11-9-14)19-17(20)13-21-16-6-2-1-3-7-16/h1-3,6-11H,12-13,18H2,(H,19,20). The highest BCUT2D eigenvalue weighted by atomic mass is 32.2. The maximum atomic E-state index is 11.9. The Morgan fingerprint density at radius 1 is 1.10 bits per heavy atom. The summed E-state index contributed by atoms with van der Waals surface area (Å²) < 4.78 is 0. The molecule has 3 nitrogen and oxygen atoms in total. The Morgan fingerprint density at radius 2 is 1.81 bits per heavy atom. The molecule has 0 atom stereocenters. The lowest BCUT2D eigenvalue weighted by atomic mass is 10.2. The van der Waals surface area contributed by atoms with Crippen molar-refractivity contribution in [1.82, 2.24) is 0 Å². The molecule has 3 N–H and O–H groups in total. The van der Waals surface area contributed by atoms with E-state index in [1.807, 2.05) is 54.6 Å². The van der Waals surface area contributed by atoms with Gasteiger partial charge in [-0.2, -0.15) is 0 Å². The molecule has 0 heterocycles. The molecule has 0 bridgehead atoms. The molecule has 4 heteroatoms. The number of anilines is 1. The largest absolute Gasteiger partial charge is 0.325 e. The van der Waals surface area contributed by atoms with E-state index in [4.69, 9.17) is 5.73 Å². The van der Waals surface area contributed by atoms with Gasteiger partial charge in [0.15, 0.2) is 0 Å². The number of carbonyl (C=O) groups is 1. The first-order valence-electron chi connectivity index (χ1n) is 6.54. The first-order valence-corrected chi connectivity index (χ1v) is 7.53. The number of thioether (sulfide) groups is 1. The second kappa shape index (κ2) is 8.15. The molecule has 0 radical (unpaired) electrons. The number of carbonyl (C=O) groups excluding carboxylic acids is 1. The van der Waals surface area contributed by atoms with Crippen molar-refractivity contribution < 1.29 is 4.79 Å². The summed E-state index contributed by atoms with van der Waals surface area (Å²) in [7, 11) is 0.